The smallest absolute Gasteiger partial charge is 0.00773 e. The molecule has 1 fully saturated rings. The lowest BCUT2D eigenvalue weighted by atomic mass is 9.55. The van der Waals surface area contributed by atoms with Gasteiger partial charge in [-0.2, -0.15) is 0 Å². The Balaban J connectivity index is 2.88. The van der Waals surface area contributed by atoms with Crippen LogP contribution in [0.3, 0.4) is 0 Å². The van der Waals surface area contributed by atoms with E-state index >= 15 is 0 Å². The van der Waals surface area contributed by atoms with E-state index < -0.39 is 0 Å². The van der Waals surface area contributed by atoms with E-state index in [4.69, 9.17) is 5.73 Å². The number of nitrogens with two attached hydrogens (primary N) is 1. The summed E-state index contributed by atoms with van der Waals surface area (Å²) in [5.74, 6) is 1.97. The molecule has 1 aliphatic carbocycles. The third kappa shape index (κ3) is 5.27. The standard InChI is InChI=1S/C20H41N/c1-4-11-18-13-7-9-16-20(18,15-6-3)19(12-5-2)14-8-10-17-21/h18-19H,4-17,21H2,1-3H3. The predicted octanol–water partition coefficient (Wildman–Crippen LogP) is 6.31. The zero-order chi connectivity index (χ0) is 15.6. The van der Waals surface area contributed by atoms with Gasteiger partial charge in [-0.05, 0) is 55.9 Å². The molecule has 0 spiro atoms. The second-order valence-electron chi connectivity index (χ2n) is 7.48. The predicted molar refractivity (Wildman–Crippen MR) is 95.5 cm³/mol. The Kier molecular flexibility index (Phi) is 9.64. The molecule has 0 aromatic rings. The van der Waals surface area contributed by atoms with Crippen LogP contribution in [0.4, 0.5) is 0 Å². The molecular formula is C20H41N. The lowest BCUT2D eigenvalue weighted by Gasteiger charge is -2.50. The zero-order valence-corrected chi connectivity index (χ0v) is 15.1. The Labute approximate surface area is 134 Å². The van der Waals surface area contributed by atoms with Crippen molar-refractivity contribution in [3.63, 3.8) is 0 Å². The van der Waals surface area contributed by atoms with Gasteiger partial charge in [0.15, 0.2) is 0 Å². The molecule has 3 unspecified atom stereocenters. The first kappa shape index (κ1) is 19.0. The number of rotatable bonds is 11. The number of hydrogen-bond donors (Lipinski definition) is 1. The molecule has 0 bridgehead atoms. The van der Waals surface area contributed by atoms with Crippen molar-refractivity contribution in [3.8, 4) is 0 Å². The highest BCUT2D eigenvalue weighted by Crippen LogP contribution is 2.54. The third-order valence-corrected chi connectivity index (χ3v) is 6.07. The summed E-state index contributed by atoms with van der Waals surface area (Å²) in [6.07, 6.45) is 18.5. The summed E-state index contributed by atoms with van der Waals surface area (Å²) in [7, 11) is 0. The van der Waals surface area contributed by atoms with Gasteiger partial charge in [0.25, 0.3) is 0 Å². The van der Waals surface area contributed by atoms with Crippen LogP contribution in [0.2, 0.25) is 0 Å². The van der Waals surface area contributed by atoms with Crippen LogP contribution < -0.4 is 5.73 Å². The maximum absolute atomic E-state index is 5.73. The summed E-state index contributed by atoms with van der Waals surface area (Å²) in [6, 6.07) is 0. The van der Waals surface area contributed by atoms with Crippen LogP contribution in [-0.4, -0.2) is 6.54 Å². The monoisotopic (exact) mass is 295 g/mol. The van der Waals surface area contributed by atoms with Gasteiger partial charge in [-0.3, -0.25) is 0 Å². The minimum atomic E-state index is 0.674. The molecule has 1 saturated carbocycles. The van der Waals surface area contributed by atoms with Gasteiger partial charge < -0.3 is 5.73 Å². The number of hydrogen-bond acceptors (Lipinski definition) is 1. The Bertz CT molecular complexity index is 244. The summed E-state index contributed by atoms with van der Waals surface area (Å²) >= 11 is 0. The molecule has 0 radical (unpaired) electrons. The van der Waals surface area contributed by atoms with Crippen LogP contribution in [0.15, 0.2) is 0 Å². The fraction of sp³-hybridized carbons (Fsp3) is 1.00. The van der Waals surface area contributed by atoms with Crippen LogP contribution >= 0.6 is 0 Å². The van der Waals surface area contributed by atoms with Gasteiger partial charge in [0.1, 0.15) is 0 Å². The summed E-state index contributed by atoms with van der Waals surface area (Å²) in [5.41, 5.74) is 6.41. The van der Waals surface area contributed by atoms with Gasteiger partial charge in [0.05, 0.1) is 0 Å². The Morgan fingerprint density at radius 1 is 1.00 bits per heavy atom. The van der Waals surface area contributed by atoms with Crippen molar-refractivity contribution in [2.24, 2.45) is 23.0 Å². The molecule has 3 atom stereocenters. The van der Waals surface area contributed by atoms with Crippen LogP contribution in [0, 0.1) is 17.3 Å². The lowest BCUT2D eigenvalue weighted by Crippen LogP contribution is -2.41. The van der Waals surface area contributed by atoms with Gasteiger partial charge in [-0.1, -0.05) is 72.1 Å². The number of unbranched alkanes of at least 4 members (excludes halogenated alkanes) is 1. The quantitative estimate of drug-likeness (QED) is 0.444. The average Bonchev–Trinajstić information content (AvgIpc) is 2.49. The summed E-state index contributed by atoms with van der Waals surface area (Å²) in [4.78, 5) is 0. The molecule has 0 aromatic carbocycles. The minimum Gasteiger partial charge on any atom is -0.330 e. The van der Waals surface area contributed by atoms with Crippen LogP contribution in [0.5, 0.6) is 0 Å². The molecule has 21 heavy (non-hydrogen) atoms. The lowest BCUT2D eigenvalue weighted by molar-refractivity contribution is -0.00171. The van der Waals surface area contributed by atoms with Gasteiger partial charge >= 0.3 is 0 Å². The van der Waals surface area contributed by atoms with Crippen LogP contribution in [0.1, 0.15) is 104 Å². The topological polar surface area (TPSA) is 26.0 Å². The summed E-state index contributed by atoms with van der Waals surface area (Å²) < 4.78 is 0. The van der Waals surface area contributed by atoms with Gasteiger partial charge in [0.2, 0.25) is 0 Å². The van der Waals surface area contributed by atoms with Crippen molar-refractivity contribution in [3.05, 3.63) is 0 Å². The molecule has 1 heteroatoms. The molecule has 126 valence electrons. The van der Waals surface area contributed by atoms with Crippen LogP contribution in [0.25, 0.3) is 0 Å². The molecule has 1 rings (SSSR count). The van der Waals surface area contributed by atoms with E-state index in [1.807, 2.05) is 0 Å². The fourth-order valence-electron chi connectivity index (χ4n) is 5.26. The second kappa shape index (κ2) is 10.6. The van der Waals surface area contributed by atoms with Crippen LogP contribution in [-0.2, 0) is 0 Å². The Morgan fingerprint density at radius 3 is 2.43 bits per heavy atom. The maximum Gasteiger partial charge on any atom is -0.00773 e. The highest BCUT2D eigenvalue weighted by molar-refractivity contribution is 4.94. The first-order valence-electron chi connectivity index (χ1n) is 9.95. The van der Waals surface area contributed by atoms with E-state index in [-0.39, 0.29) is 0 Å². The van der Waals surface area contributed by atoms with E-state index in [2.05, 4.69) is 20.8 Å². The van der Waals surface area contributed by atoms with E-state index in [0.717, 1.165) is 18.4 Å². The first-order chi connectivity index (χ1) is 10.2. The average molecular weight is 296 g/mol. The second-order valence-corrected chi connectivity index (χ2v) is 7.48. The molecular weight excluding hydrogens is 254 g/mol. The molecule has 0 saturated heterocycles. The largest absolute Gasteiger partial charge is 0.330 e. The summed E-state index contributed by atoms with van der Waals surface area (Å²) in [5, 5.41) is 0. The molecule has 0 aliphatic heterocycles. The molecule has 1 nitrogen and oxygen atoms in total. The molecule has 1 aliphatic rings. The zero-order valence-electron chi connectivity index (χ0n) is 15.1. The summed E-state index contributed by atoms with van der Waals surface area (Å²) in [6.45, 7) is 8.04. The van der Waals surface area contributed by atoms with E-state index in [1.54, 1.807) is 0 Å². The van der Waals surface area contributed by atoms with Crippen molar-refractivity contribution >= 4 is 0 Å². The van der Waals surface area contributed by atoms with Crippen molar-refractivity contribution in [1.29, 1.82) is 0 Å². The highest BCUT2D eigenvalue weighted by atomic mass is 14.5. The Morgan fingerprint density at radius 2 is 1.81 bits per heavy atom. The molecule has 2 N–H and O–H groups in total. The van der Waals surface area contributed by atoms with Crippen molar-refractivity contribution in [2.45, 2.75) is 104 Å². The van der Waals surface area contributed by atoms with E-state index in [9.17, 15) is 0 Å². The van der Waals surface area contributed by atoms with Gasteiger partial charge in [0, 0.05) is 0 Å². The van der Waals surface area contributed by atoms with Gasteiger partial charge in [-0.15, -0.1) is 0 Å². The van der Waals surface area contributed by atoms with Crippen molar-refractivity contribution < 1.29 is 0 Å². The normalized spacial score (nSPS) is 27.7. The van der Waals surface area contributed by atoms with Crippen molar-refractivity contribution in [1.82, 2.24) is 0 Å². The van der Waals surface area contributed by atoms with Crippen molar-refractivity contribution in [2.75, 3.05) is 6.54 Å². The maximum atomic E-state index is 5.73. The molecule has 0 aromatic heterocycles. The molecule has 0 heterocycles. The van der Waals surface area contributed by atoms with E-state index in [1.165, 1.54) is 83.5 Å². The highest BCUT2D eigenvalue weighted by Gasteiger charge is 2.44. The Hall–Kier alpha value is -0.0400. The molecule has 0 amide bonds. The van der Waals surface area contributed by atoms with Gasteiger partial charge in [-0.25, -0.2) is 0 Å². The fourth-order valence-corrected chi connectivity index (χ4v) is 5.26. The van der Waals surface area contributed by atoms with E-state index in [0.29, 0.717) is 5.41 Å². The third-order valence-electron chi connectivity index (χ3n) is 6.07. The SMILES string of the molecule is CCCC(CCCCN)C1(CCC)CCCCC1CCC. The first-order valence-corrected chi connectivity index (χ1v) is 9.95. The minimum absolute atomic E-state index is 0.674.